The van der Waals surface area contributed by atoms with Crippen LogP contribution in [0.15, 0.2) is 47.4 Å². The summed E-state index contributed by atoms with van der Waals surface area (Å²) in [7, 11) is 0. The van der Waals surface area contributed by atoms with Crippen molar-refractivity contribution in [3.63, 3.8) is 0 Å². The summed E-state index contributed by atoms with van der Waals surface area (Å²) in [5.41, 5.74) is 2.08. The standard InChI is InChI=1S/C20H18FNO4S/c21-15-3-5-16(6-4-15)27-10-9-20(25)26-12-18(23)14-1-7-17-13(11-14)2-8-19(24)22-17/h1,3-7,11H,2,8-10,12H2,(H,22,24). The Hall–Kier alpha value is -2.67. The molecule has 0 saturated heterocycles. The van der Waals surface area contributed by atoms with Gasteiger partial charge in [-0.15, -0.1) is 11.8 Å². The van der Waals surface area contributed by atoms with Gasteiger partial charge in [0.15, 0.2) is 12.4 Å². The summed E-state index contributed by atoms with van der Waals surface area (Å²) in [6.45, 7) is -0.314. The molecule has 1 aliphatic heterocycles. The number of anilines is 1. The van der Waals surface area contributed by atoms with Gasteiger partial charge in [0.25, 0.3) is 0 Å². The molecule has 2 aromatic carbocycles. The summed E-state index contributed by atoms with van der Waals surface area (Å²) in [6.07, 6.45) is 1.14. The molecule has 7 heteroatoms. The molecule has 1 aliphatic rings. The van der Waals surface area contributed by atoms with E-state index in [0.29, 0.717) is 24.2 Å². The third-order valence-electron chi connectivity index (χ3n) is 4.08. The van der Waals surface area contributed by atoms with Crippen LogP contribution in [0.5, 0.6) is 0 Å². The molecule has 0 radical (unpaired) electrons. The lowest BCUT2D eigenvalue weighted by atomic mass is 9.99. The number of Topliss-reactive ketones (excluding diaryl/α,β-unsaturated/α-hetero) is 1. The van der Waals surface area contributed by atoms with Gasteiger partial charge in [0.05, 0.1) is 6.42 Å². The lowest BCUT2D eigenvalue weighted by Gasteiger charge is -2.17. The molecule has 0 saturated carbocycles. The molecular weight excluding hydrogens is 369 g/mol. The molecule has 0 spiro atoms. The van der Waals surface area contributed by atoms with E-state index in [-0.39, 0.29) is 30.5 Å². The average molecular weight is 387 g/mol. The fraction of sp³-hybridized carbons (Fsp3) is 0.250. The van der Waals surface area contributed by atoms with E-state index >= 15 is 0 Å². The largest absolute Gasteiger partial charge is 0.457 e. The molecule has 5 nitrogen and oxygen atoms in total. The van der Waals surface area contributed by atoms with E-state index in [9.17, 15) is 18.8 Å². The Morgan fingerprint density at radius 2 is 1.89 bits per heavy atom. The fourth-order valence-corrected chi connectivity index (χ4v) is 3.47. The Bertz CT molecular complexity index is 867. The van der Waals surface area contributed by atoms with Crippen LogP contribution < -0.4 is 5.32 Å². The summed E-state index contributed by atoms with van der Waals surface area (Å²) in [5, 5.41) is 2.76. The Balaban J connectivity index is 1.44. The number of hydrogen-bond donors (Lipinski definition) is 1. The van der Waals surface area contributed by atoms with Gasteiger partial charge in [0, 0.05) is 28.3 Å². The number of nitrogens with one attached hydrogen (secondary N) is 1. The Labute approximate surface area is 160 Å². The summed E-state index contributed by atoms with van der Waals surface area (Å²) in [5.74, 6) is -0.592. The second-order valence-electron chi connectivity index (χ2n) is 6.06. The van der Waals surface area contributed by atoms with Crippen LogP contribution in [0, 0.1) is 5.82 Å². The number of benzene rings is 2. The minimum atomic E-state index is -0.455. The van der Waals surface area contributed by atoms with Crippen LogP contribution in [0.2, 0.25) is 0 Å². The Morgan fingerprint density at radius 3 is 2.67 bits per heavy atom. The summed E-state index contributed by atoms with van der Waals surface area (Å²) in [4.78, 5) is 36.2. The predicted molar refractivity (Wildman–Crippen MR) is 100 cm³/mol. The van der Waals surface area contributed by atoms with E-state index in [0.717, 1.165) is 16.1 Å². The Kier molecular flexibility index (Phi) is 6.24. The highest BCUT2D eigenvalue weighted by Crippen LogP contribution is 2.24. The monoisotopic (exact) mass is 387 g/mol. The van der Waals surface area contributed by atoms with Crippen LogP contribution in [0.4, 0.5) is 10.1 Å². The zero-order valence-corrected chi connectivity index (χ0v) is 15.3. The van der Waals surface area contributed by atoms with E-state index in [2.05, 4.69) is 5.32 Å². The van der Waals surface area contributed by atoms with Crippen molar-refractivity contribution >= 4 is 35.1 Å². The quantitative estimate of drug-likeness (QED) is 0.446. The van der Waals surface area contributed by atoms with E-state index in [1.165, 1.54) is 23.9 Å². The van der Waals surface area contributed by atoms with E-state index in [1.807, 2.05) is 0 Å². The molecule has 1 N–H and O–H groups in total. The highest BCUT2D eigenvalue weighted by molar-refractivity contribution is 7.99. The van der Waals surface area contributed by atoms with Gasteiger partial charge in [-0.1, -0.05) is 0 Å². The molecule has 1 heterocycles. The second kappa shape index (κ2) is 8.81. The molecule has 27 heavy (non-hydrogen) atoms. The molecule has 0 bridgehead atoms. The lowest BCUT2D eigenvalue weighted by Crippen LogP contribution is -2.20. The number of carbonyl (C=O) groups excluding carboxylic acids is 3. The maximum Gasteiger partial charge on any atom is 0.307 e. The first-order valence-corrected chi connectivity index (χ1v) is 9.50. The SMILES string of the molecule is O=C1CCc2cc(C(=O)COC(=O)CCSc3ccc(F)cc3)ccc2N1. The number of thioether (sulfide) groups is 1. The van der Waals surface area contributed by atoms with Crippen LogP contribution in [0.1, 0.15) is 28.8 Å². The van der Waals surface area contributed by atoms with Crippen molar-refractivity contribution in [3.05, 3.63) is 59.4 Å². The molecule has 0 fully saturated rings. The predicted octanol–water partition coefficient (Wildman–Crippen LogP) is 3.62. The smallest absolute Gasteiger partial charge is 0.307 e. The number of esters is 1. The van der Waals surface area contributed by atoms with Crippen molar-refractivity contribution in [2.45, 2.75) is 24.2 Å². The van der Waals surface area contributed by atoms with Gasteiger partial charge in [-0.05, 0) is 54.4 Å². The first-order valence-electron chi connectivity index (χ1n) is 8.51. The number of aryl methyl sites for hydroxylation is 1. The molecule has 0 aromatic heterocycles. The van der Waals surface area contributed by atoms with Crippen LogP contribution in [0.3, 0.4) is 0 Å². The lowest BCUT2D eigenvalue weighted by molar-refractivity contribution is -0.142. The number of rotatable bonds is 7. The maximum absolute atomic E-state index is 12.8. The molecule has 3 rings (SSSR count). The van der Waals surface area contributed by atoms with Gasteiger partial charge in [0.2, 0.25) is 5.91 Å². The van der Waals surface area contributed by atoms with Gasteiger partial charge < -0.3 is 10.1 Å². The molecule has 2 aromatic rings. The third kappa shape index (κ3) is 5.40. The van der Waals surface area contributed by atoms with Crippen molar-refractivity contribution < 1.29 is 23.5 Å². The minimum absolute atomic E-state index is 0.0333. The fourth-order valence-electron chi connectivity index (χ4n) is 2.64. The molecular formula is C20H18FNO4S. The maximum atomic E-state index is 12.8. The van der Waals surface area contributed by atoms with Crippen LogP contribution in [0.25, 0.3) is 0 Å². The number of halogens is 1. The van der Waals surface area contributed by atoms with E-state index in [4.69, 9.17) is 4.74 Å². The van der Waals surface area contributed by atoms with Crippen molar-refractivity contribution in [2.24, 2.45) is 0 Å². The summed E-state index contributed by atoms with van der Waals surface area (Å²) < 4.78 is 17.9. The first kappa shape index (κ1) is 19.1. The third-order valence-corrected chi connectivity index (χ3v) is 5.09. The zero-order chi connectivity index (χ0) is 19.2. The molecule has 0 unspecified atom stereocenters. The van der Waals surface area contributed by atoms with Gasteiger partial charge >= 0.3 is 5.97 Å². The first-order chi connectivity index (χ1) is 13.0. The van der Waals surface area contributed by atoms with E-state index < -0.39 is 5.97 Å². The number of ketones is 1. The number of carbonyl (C=O) groups is 3. The van der Waals surface area contributed by atoms with Crippen molar-refractivity contribution in [1.82, 2.24) is 0 Å². The van der Waals surface area contributed by atoms with Crippen molar-refractivity contribution in [3.8, 4) is 0 Å². The number of fused-ring (bicyclic) bond motifs is 1. The van der Waals surface area contributed by atoms with Crippen LogP contribution in [-0.2, 0) is 20.7 Å². The van der Waals surface area contributed by atoms with Crippen LogP contribution in [-0.4, -0.2) is 30.0 Å². The zero-order valence-electron chi connectivity index (χ0n) is 14.5. The van der Waals surface area contributed by atoms with Crippen molar-refractivity contribution in [1.29, 1.82) is 0 Å². The number of hydrogen-bond acceptors (Lipinski definition) is 5. The number of ether oxygens (including phenoxy) is 1. The van der Waals surface area contributed by atoms with Gasteiger partial charge in [-0.25, -0.2) is 4.39 Å². The van der Waals surface area contributed by atoms with Gasteiger partial charge in [-0.3, -0.25) is 14.4 Å². The minimum Gasteiger partial charge on any atom is -0.457 e. The number of amides is 1. The molecule has 1 amide bonds. The molecule has 140 valence electrons. The van der Waals surface area contributed by atoms with Gasteiger partial charge in [0.1, 0.15) is 5.82 Å². The topological polar surface area (TPSA) is 72.5 Å². The molecule has 0 atom stereocenters. The second-order valence-corrected chi connectivity index (χ2v) is 7.22. The molecule has 0 aliphatic carbocycles. The summed E-state index contributed by atoms with van der Waals surface area (Å²) in [6, 6.07) is 11.1. The summed E-state index contributed by atoms with van der Waals surface area (Å²) >= 11 is 1.42. The average Bonchev–Trinajstić information content (AvgIpc) is 2.67. The highest BCUT2D eigenvalue weighted by atomic mass is 32.2. The Morgan fingerprint density at radius 1 is 1.11 bits per heavy atom. The normalized spacial score (nSPS) is 12.9. The van der Waals surface area contributed by atoms with Crippen molar-refractivity contribution in [2.75, 3.05) is 17.7 Å². The van der Waals surface area contributed by atoms with E-state index in [1.54, 1.807) is 30.3 Å². The van der Waals surface area contributed by atoms with Crippen LogP contribution >= 0.6 is 11.8 Å². The van der Waals surface area contributed by atoms with Gasteiger partial charge in [-0.2, -0.15) is 0 Å². The highest BCUT2D eigenvalue weighted by Gasteiger charge is 2.17.